The molecule has 1 fully saturated rings. The zero-order valence-corrected chi connectivity index (χ0v) is 12.7. The maximum Gasteiger partial charge on any atom is 0.259 e. The third kappa shape index (κ3) is 2.39. The molecule has 4 rings (SSSR count). The van der Waals surface area contributed by atoms with E-state index in [1.165, 1.54) is 0 Å². The molecule has 0 N–H and O–H groups in total. The van der Waals surface area contributed by atoms with E-state index in [0.717, 1.165) is 11.5 Å². The molecule has 23 heavy (non-hydrogen) atoms. The van der Waals surface area contributed by atoms with Crippen molar-refractivity contribution in [3.05, 3.63) is 41.9 Å². The summed E-state index contributed by atoms with van der Waals surface area (Å²) in [5.74, 6) is 1.45. The molecule has 118 valence electrons. The van der Waals surface area contributed by atoms with Crippen molar-refractivity contribution in [2.75, 3.05) is 26.3 Å². The highest BCUT2D eigenvalue weighted by atomic mass is 16.5. The predicted molar refractivity (Wildman–Crippen MR) is 82.1 cm³/mol. The Labute approximate surface area is 132 Å². The number of aryl methyl sites for hydroxylation is 1. The molecule has 1 amide bonds. The Balaban J connectivity index is 1.76. The van der Waals surface area contributed by atoms with Crippen molar-refractivity contribution in [2.24, 2.45) is 0 Å². The fourth-order valence-corrected chi connectivity index (χ4v) is 2.74. The van der Waals surface area contributed by atoms with Crippen LogP contribution in [0.15, 0.2) is 35.0 Å². The highest BCUT2D eigenvalue weighted by molar-refractivity contribution is 5.99. The van der Waals surface area contributed by atoms with Crippen LogP contribution in [0.4, 0.5) is 0 Å². The van der Waals surface area contributed by atoms with Gasteiger partial charge >= 0.3 is 0 Å². The van der Waals surface area contributed by atoms with Crippen LogP contribution in [-0.4, -0.2) is 51.7 Å². The molecule has 0 bridgehead atoms. The maximum absolute atomic E-state index is 12.7. The van der Waals surface area contributed by atoms with Crippen LogP contribution in [-0.2, 0) is 4.74 Å². The average molecular weight is 312 g/mol. The lowest BCUT2D eigenvalue weighted by atomic mass is 10.2. The molecule has 7 heteroatoms. The molecule has 0 aliphatic carbocycles. The number of hydrogen-bond acceptors (Lipinski definition) is 5. The summed E-state index contributed by atoms with van der Waals surface area (Å²) in [4.78, 5) is 18.8. The predicted octanol–water partition coefficient (Wildman–Crippen LogP) is 1.77. The summed E-state index contributed by atoms with van der Waals surface area (Å²) >= 11 is 0. The van der Waals surface area contributed by atoms with Crippen LogP contribution in [0.3, 0.4) is 0 Å². The van der Waals surface area contributed by atoms with Gasteiger partial charge in [0.1, 0.15) is 17.0 Å². The lowest BCUT2D eigenvalue weighted by molar-refractivity contribution is 0.0304. The highest BCUT2D eigenvalue weighted by Gasteiger charge is 2.23. The Morgan fingerprint density at radius 3 is 2.78 bits per heavy atom. The van der Waals surface area contributed by atoms with Gasteiger partial charge in [-0.2, -0.15) is 5.10 Å². The molecule has 1 saturated heterocycles. The first-order valence-electron chi connectivity index (χ1n) is 7.50. The van der Waals surface area contributed by atoms with E-state index in [2.05, 4.69) is 10.1 Å². The highest BCUT2D eigenvalue weighted by Crippen LogP contribution is 2.23. The van der Waals surface area contributed by atoms with Crippen LogP contribution in [0, 0.1) is 6.92 Å². The molecule has 0 aromatic carbocycles. The lowest BCUT2D eigenvalue weighted by Gasteiger charge is -2.26. The Bertz CT molecular complexity index is 861. The first-order valence-corrected chi connectivity index (χ1v) is 7.50. The number of amides is 1. The van der Waals surface area contributed by atoms with Crippen LogP contribution < -0.4 is 0 Å². The molecule has 7 nitrogen and oxygen atoms in total. The smallest absolute Gasteiger partial charge is 0.259 e. The van der Waals surface area contributed by atoms with Gasteiger partial charge in [-0.25, -0.2) is 9.50 Å². The lowest BCUT2D eigenvalue weighted by Crippen LogP contribution is -2.40. The van der Waals surface area contributed by atoms with Crippen LogP contribution in [0.1, 0.15) is 16.1 Å². The number of furan rings is 1. The van der Waals surface area contributed by atoms with Crippen molar-refractivity contribution < 1.29 is 13.9 Å². The second-order valence-corrected chi connectivity index (χ2v) is 5.44. The largest absolute Gasteiger partial charge is 0.460 e. The Morgan fingerprint density at radius 2 is 2.04 bits per heavy atom. The van der Waals surface area contributed by atoms with Gasteiger partial charge in [-0.15, -0.1) is 0 Å². The number of nitrogens with zero attached hydrogens (tertiary/aromatic N) is 4. The zero-order valence-electron chi connectivity index (χ0n) is 12.7. The fourth-order valence-electron chi connectivity index (χ4n) is 2.74. The summed E-state index contributed by atoms with van der Waals surface area (Å²) in [5.41, 5.74) is 1.80. The second kappa shape index (κ2) is 5.51. The van der Waals surface area contributed by atoms with Crippen molar-refractivity contribution in [3.63, 3.8) is 0 Å². The van der Waals surface area contributed by atoms with Crippen LogP contribution in [0.25, 0.3) is 17.1 Å². The third-order valence-electron chi connectivity index (χ3n) is 3.92. The normalized spacial score (nSPS) is 15.3. The van der Waals surface area contributed by atoms with E-state index in [-0.39, 0.29) is 5.91 Å². The van der Waals surface area contributed by atoms with Gasteiger partial charge < -0.3 is 14.1 Å². The third-order valence-corrected chi connectivity index (χ3v) is 3.92. The van der Waals surface area contributed by atoms with Crippen LogP contribution in [0.2, 0.25) is 0 Å². The van der Waals surface area contributed by atoms with Gasteiger partial charge in [0.25, 0.3) is 5.91 Å². The monoisotopic (exact) mass is 312 g/mol. The van der Waals surface area contributed by atoms with E-state index >= 15 is 0 Å². The summed E-state index contributed by atoms with van der Waals surface area (Å²) in [7, 11) is 0. The van der Waals surface area contributed by atoms with Gasteiger partial charge in [0, 0.05) is 19.3 Å². The first-order chi connectivity index (χ1) is 11.2. The molecule has 3 aromatic rings. The van der Waals surface area contributed by atoms with E-state index in [1.807, 2.05) is 25.1 Å². The van der Waals surface area contributed by atoms with Crippen LogP contribution in [0.5, 0.6) is 0 Å². The van der Waals surface area contributed by atoms with Gasteiger partial charge in [0.05, 0.1) is 19.4 Å². The minimum Gasteiger partial charge on any atom is -0.460 e. The van der Waals surface area contributed by atoms with E-state index in [4.69, 9.17) is 9.15 Å². The number of carbonyl (C=O) groups is 1. The number of aromatic nitrogens is 3. The maximum atomic E-state index is 12.7. The van der Waals surface area contributed by atoms with E-state index in [0.29, 0.717) is 43.3 Å². The Morgan fingerprint density at radius 1 is 1.22 bits per heavy atom. The second-order valence-electron chi connectivity index (χ2n) is 5.44. The number of morpholine rings is 1. The van der Waals surface area contributed by atoms with Gasteiger partial charge in [-0.05, 0) is 25.1 Å². The SMILES string of the molecule is Cc1ccc(-c2ccnc3c(C(=O)N4CCOCC4)cnn23)o1. The number of carbonyl (C=O) groups excluding carboxylic acids is 1. The van der Waals surface area contributed by atoms with Crippen molar-refractivity contribution in [1.82, 2.24) is 19.5 Å². The molecule has 1 aliphatic heterocycles. The summed E-state index contributed by atoms with van der Waals surface area (Å²) < 4.78 is 12.6. The molecule has 3 aromatic heterocycles. The van der Waals surface area contributed by atoms with E-state index in [1.54, 1.807) is 21.8 Å². The van der Waals surface area contributed by atoms with Gasteiger partial charge in [0.2, 0.25) is 0 Å². The average Bonchev–Trinajstić information content (AvgIpc) is 3.21. The molecule has 0 spiro atoms. The van der Waals surface area contributed by atoms with Gasteiger partial charge in [-0.1, -0.05) is 0 Å². The molecule has 0 atom stereocenters. The van der Waals surface area contributed by atoms with Gasteiger partial charge in [-0.3, -0.25) is 4.79 Å². The standard InChI is InChI=1S/C16H16N4O3/c1-11-2-3-14(23-11)13-4-5-17-15-12(10-18-20(13)15)16(21)19-6-8-22-9-7-19/h2-5,10H,6-9H2,1H3. The summed E-state index contributed by atoms with van der Waals surface area (Å²) in [6.07, 6.45) is 3.24. The minimum absolute atomic E-state index is 0.0661. The minimum atomic E-state index is -0.0661. The Kier molecular flexibility index (Phi) is 3.34. The molecular formula is C16H16N4O3. The van der Waals surface area contributed by atoms with Crippen LogP contribution >= 0.6 is 0 Å². The van der Waals surface area contributed by atoms with Crippen molar-refractivity contribution in [3.8, 4) is 11.5 Å². The first kappa shape index (κ1) is 14.0. The molecule has 0 saturated carbocycles. The van der Waals surface area contributed by atoms with Crippen molar-refractivity contribution >= 4 is 11.6 Å². The topological polar surface area (TPSA) is 72.9 Å². The number of rotatable bonds is 2. The summed E-state index contributed by atoms with van der Waals surface area (Å²) in [5, 5.41) is 4.34. The molecule has 0 radical (unpaired) electrons. The number of fused-ring (bicyclic) bond motifs is 1. The van der Waals surface area contributed by atoms with E-state index in [9.17, 15) is 4.79 Å². The number of ether oxygens (including phenoxy) is 1. The summed E-state index contributed by atoms with van der Waals surface area (Å²) in [6.45, 7) is 4.20. The number of hydrogen-bond donors (Lipinski definition) is 0. The van der Waals surface area contributed by atoms with E-state index < -0.39 is 0 Å². The quantitative estimate of drug-likeness (QED) is 0.721. The molecular weight excluding hydrogens is 296 g/mol. The Hall–Kier alpha value is -2.67. The molecule has 4 heterocycles. The molecule has 0 unspecified atom stereocenters. The van der Waals surface area contributed by atoms with Gasteiger partial charge in [0.15, 0.2) is 11.4 Å². The van der Waals surface area contributed by atoms with Crippen molar-refractivity contribution in [1.29, 1.82) is 0 Å². The zero-order chi connectivity index (χ0) is 15.8. The fraction of sp³-hybridized carbons (Fsp3) is 0.312. The summed E-state index contributed by atoms with van der Waals surface area (Å²) in [6, 6.07) is 5.60. The molecule has 1 aliphatic rings. The van der Waals surface area contributed by atoms with Crippen molar-refractivity contribution in [2.45, 2.75) is 6.92 Å².